The molecule has 0 radical (unpaired) electrons. The highest BCUT2D eigenvalue weighted by molar-refractivity contribution is 7.98. The molecule has 4 heteroatoms. The number of nitrogens with zero attached hydrogens (tertiary/aromatic N) is 1. The van der Waals surface area contributed by atoms with Gasteiger partial charge in [0.1, 0.15) is 5.60 Å². The Morgan fingerprint density at radius 1 is 1.18 bits per heavy atom. The lowest BCUT2D eigenvalue weighted by atomic mass is 9.79. The van der Waals surface area contributed by atoms with Crippen molar-refractivity contribution >= 4 is 17.7 Å². The highest BCUT2D eigenvalue weighted by atomic mass is 32.2. The standard InChI is InChI=1S/C16H25NO2S.C2H6/c1-15(2,3)16(4,5)19-14(18)9-11-20-12-13-8-6-7-10-17-13;1-2/h6-8,10H,9,11-12H2,1-5H3;1-2H3. The van der Waals surface area contributed by atoms with Crippen molar-refractivity contribution in [2.24, 2.45) is 5.41 Å². The van der Waals surface area contributed by atoms with Gasteiger partial charge in [0, 0.05) is 23.1 Å². The summed E-state index contributed by atoms with van der Waals surface area (Å²) in [6.45, 7) is 14.2. The van der Waals surface area contributed by atoms with Gasteiger partial charge >= 0.3 is 5.97 Å². The third-order valence-corrected chi connectivity index (χ3v) is 4.59. The van der Waals surface area contributed by atoms with Gasteiger partial charge < -0.3 is 4.74 Å². The van der Waals surface area contributed by atoms with E-state index in [2.05, 4.69) is 25.8 Å². The van der Waals surface area contributed by atoms with Crippen molar-refractivity contribution in [3.8, 4) is 0 Å². The molecule has 0 saturated carbocycles. The molecule has 0 aliphatic carbocycles. The molecule has 1 aromatic heterocycles. The number of carbonyl (C=O) groups is 1. The van der Waals surface area contributed by atoms with Gasteiger partial charge in [-0.15, -0.1) is 0 Å². The van der Waals surface area contributed by atoms with Gasteiger partial charge in [-0.2, -0.15) is 11.8 Å². The van der Waals surface area contributed by atoms with Crippen LogP contribution in [0, 0.1) is 5.41 Å². The minimum atomic E-state index is -0.449. The van der Waals surface area contributed by atoms with Crippen LogP contribution in [0.25, 0.3) is 0 Å². The first-order chi connectivity index (χ1) is 10.2. The Labute approximate surface area is 140 Å². The molecule has 126 valence electrons. The first-order valence-electron chi connectivity index (χ1n) is 7.92. The quantitative estimate of drug-likeness (QED) is 0.539. The van der Waals surface area contributed by atoms with Crippen LogP contribution in [0.1, 0.15) is 60.6 Å². The zero-order valence-corrected chi connectivity index (χ0v) is 15.9. The number of aromatic nitrogens is 1. The first kappa shape index (κ1) is 21.0. The van der Waals surface area contributed by atoms with Gasteiger partial charge in [-0.1, -0.05) is 40.7 Å². The average Bonchev–Trinajstić information content (AvgIpc) is 2.45. The van der Waals surface area contributed by atoms with Gasteiger partial charge in [0.25, 0.3) is 0 Å². The summed E-state index contributed by atoms with van der Waals surface area (Å²) < 4.78 is 5.59. The van der Waals surface area contributed by atoms with E-state index in [9.17, 15) is 4.79 Å². The fourth-order valence-electron chi connectivity index (χ4n) is 1.30. The highest BCUT2D eigenvalue weighted by Crippen LogP contribution is 2.33. The molecule has 0 atom stereocenters. The van der Waals surface area contributed by atoms with Crippen molar-refractivity contribution in [3.05, 3.63) is 30.1 Å². The van der Waals surface area contributed by atoms with Crippen molar-refractivity contribution in [3.63, 3.8) is 0 Å². The molecule has 0 fully saturated rings. The summed E-state index contributed by atoms with van der Waals surface area (Å²) in [7, 11) is 0. The predicted octanol–water partition coefficient (Wildman–Crippen LogP) is 5.10. The van der Waals surface area contributed by atoms with Crippen LogP contribution in [0.15, 0.2) is 24.4 Å². The van der Waals surface area contributed by atoms with Crippen molar-refractivity contribution in [2.45, 2.75) is 66.2 Å². The van der Waals surface area contributed by atoms with E-state index in [-0.39, 0.29) is 11.4 Å². The summed E-state index contributed by atoms with van der Waals surface area (Å²) in [5, 5.41) is 0. The van der Waals surface area contributed by atoms with Crippen LogP contribution in [0.3, 0.4) is 0 Å². The average molecular weight is 326 g/mol. The van der Waals surface area contributed by atoms with E-state index < -0.39 is 5.60 Å². The molecular formula is C18H31NO2S. The molecule has 0 aliphatic heterocycles. The SMILES string of the molecule is CC.CC(C)(C)C(C)(C)OC(=O)CCSCc1ccccn1. The molecular weight excluding hydrogens is 294 g/mol. The van der Waals surface area contributed by atoms with E-state index in [1.54, 1.807) is 18.0 Å². The zero-order valence-electron chi connectivity index (χ0n) is 15.1. The summed E-state index contributed by atoms with van der Waals surface area (Å²) in [5.74, 6) is 1.46. The van der Waals surface area contributed by atoms with Crippen LogP contribution in [0.4, 0.5) is 0 Å². The van der Waals surface area contributed by atoms with Crippen LogP contribution < -0.4 is 0 Å². The Kier molecular flexibility index (Phi) is 9.42. The topological polar surface area (TPSA) is 39.2 Å². The van der Waals surface area contributed by atoms with Gasteiger partial charge in [0.15, 0.2) is 0 Å². The third-order valence-electron chi connectivity index (χ3n) is 3.60. The molecule has 0 aromatic carbocycles. The Morgan fingerprint density at radius 2 is 1.82 bits per heavy atom. The van der Waals surface area contributed by atoms with E-state index in [4.69, 9.17) is 4.74 Å². The first-order valence-corrected chi connectivity index (χ1v) is 9.07. The fourth-order valence-corrected chi connectivity index (χ4v) is 2.14. The molecule has 22 heavy (non-hydrogen) atoms. The van der Waals surface area contributed by atoms with Gasteiger partial charge in [0.2, 0.25) is 0 Å². The molecule has 0 bridgehead atoms. The van der Waals surface area contributed by atoms with Crippen LogP contribution in [0.5, 0.6) is 0 Å². The largest absolute Gasteiger partial charge is 0.459 e. The minimum Gasteiger partial charge on any atom is -0.459 e. The van der Waals surface area contributed by atoms with E-state index in [0.29, 0.717) is 6.42 Å². The van der Waals surface area contributed by atoms with Crippen LogP contribution >= 0.6 is 11.8 Å². The maximum Gasteiger partial charge on any atom is 0.307 e. The van der Waals surface area contributed by atoms with Crippen molar-refractivity contribution in [1.29, 1.82) is 0 Å². The van der Waals surface area contributed by atoms with Crippen molar-refractivity contribution in [2.75, 3.05) is 5.75 Å². The number of pyridine rings is 1. The van der Waals surface area contributed by atoms with E-state index >= 15 is 0 Å². The number of hydrogen-bond acceptors (Lipinski definition) is 4. The second-order valence-electron chi connectivity index (χ2n) is 6.36. The zero-order chi connectivity index (χ0) is 17.2. The molecule has 0 unspecified atom stereocenters. The van der Waals surface area contributed by atoms with E-state index in [0.717, 1.165) is 17.2 Å². The fraction of sp³-hybridized carbons (Fsp3) is 0.667. The molecule has 1 aromatic rings. The van der Waals surface area contributed by atoms with Crippen LogP contribution in [-0.2, 0) is 15.3 Å². The monoisotopic (exact) mass is 325 g/mol. The lowest BCUT2D eigenvalue weighted by Crippen LogP contribution is -2.41. The smallest absolute Gasteiger partial charge is 0.307 e. The molecule has 0 saturated heterocycles. The number of esters is 1. The predicted molar refractivity (Wildman–Crippen MR) is 96.0 cm³/mol. The van der Waals surface area contributed by atoms with E-state index in [1.165, 1.54) is 0 Å². The summed E-state index contributed by atoms with van der Waals surface area (Å²) in [4.78, 5) is 16.1. The van der Waals surface area contributed by atoms with E-state index in [1.807, 2.05) is 45.9 Å². The number of carbonyl (C=O) groups excluding carboxylic acids is 1. The van der Waals surface area contributed by atoms with Crippen LogP contribution in [-0.4, -0.2) is 22.3 Å². The summed E-state index contributed by atoms with van der Waals surface area (Å²) in [6, 6.07) is 5.87. The Bertz CT molecular complexity index is 424. The third kappa shape index (κ3) is 7.83. The lowest BCUT2D eigenvalue weighted by Gasteiger charge is -2.38. The normalized spacial score (nSPS) is 11.4. The van der Waals surface area contributed by atoms with Crippen LogP contribution in [0.2, 0.25) is 0 Å². The Balaban J connectivity index is 0.00000211. The molecule has 1 heterocycles. The number of thioether (sulfide) groups is 1. The molecule has 0 aliphatic rings. The maximum absolute atomic E-state index is 11.9. The Morgan fingerprint density at radius 3 is 2.32 bits per heavy atom. The van der Waals surface area contributed by atoms with Crippen molar-refractivity contribution < 1.29 is 9.53 Å². The summed E-state index contributed by atoms with van der Waals surface area (Å²) in [5.41, 5.74) is 0.528. The molecule has 0 amide bonds. The second-order valence-corrected chi connectivity index (χ2v) is 7.46. The molecule has 3 nitrogen and oxygen atoms in total. The van der Waals surface area contributed by atoms with Gasteiger partial charge in [0.05, 0.1) is 12.1 Å². The number of ether oxygens (including phenoxy) is 1. The summed E-state index contributed by atoms with van der Waals surface area (Å²) in [6.07, 6.45) is 2.23. The van der Waals surface area contributed by atoms with Gasteiger partial charge in [-0.05, 0) is 26.0 Å². The molecule has 1 rings (SSSR count). The minimum absolute atomic E-state index is 0.0657. The molecule has 0 spiro atoms. The number of hydrogen-bond donors (Lipinski definition) is 0. The second kappa shape index (κ2) is 9.88. The number of rotatable bonds is 6. The lowest BCUT2D eigenvalue weighted by molar-refractivity contribution is -0.166. The Hall–Kier alpha value is -1.03. The summed E-state index contributed by atoms with van der Waals surface area (Å²) >= 11 is 1.70. The molecule has 0 N–H and O–H groups in total. The highest BCUT2D eigenvalue weighted by Gasteiger charge is 2.36. The maximum atomic E-state index is 11.9. The van der Waals surface area contributed by atoms with Crippen molar-refractivity contribution in [1.82, 2.24) is 4.98 Å². The van der Waals surface area contributed by atoms with Gasteiger partial charge in [-0.25, -0.2) is 0 Å². The van der Waals surface area contributed by atoms with Gasteiger partial charge in [-0.3, -0.25) is 9.78 Å².